The monoisotopic (exact) mass is 343 g/mol. The highest BCUT2D eigenvalue weighted by Crippen LogP contribution is 2.34. The minimum absolute atomic E-state index is 0.316. The number of aliphatic imine (C=N–C) groups is 1. The molecule has 0 spiro atoms. The van der Waals surface area contributed by atoms with Gasteiger partial charge in [-0.1, -0.05) is 42.5 Å². The molecule has 2 aromatic rings. The Labute approximate surface area is 142 Å². The molecule has 24 heavy (non-hydrogen) atoms. The van der Waals surface area contributed by atoms with Crippen LogP contribution in [-0.4, -0.2) is 32.1 Å². The second-order valence-electron chi connectivity index (χ2n) is 6.32. The van der Waals surface area contributed by atoms with Crippen LogP contribution in [0.4, 0.5) is 0 Å². The van der Waals surface area contributed by atoms with Crippen molar-refractivity contribution in [2.45, 2.75) is 23.9 Å². The predicted octanol–water partition coefficient (Wildman–Crippen LogP) is 2.14. The first-order valence-electron chi connectivity index (χ1n) is 7.73. The van der Waals surface area contributed by atoms with E-state index in [0.29, 0.717) is 23.9 Å². The maximum atomic E-state index is 11.6. The number of rotatable bonds is 4. The van der Waals surface area contributed by atoms with Crippen molar-refractivity contribution in [2.75, 3.05) is 12.8 Å². The van der Waals surface area contributed by atoms with Crippen LogP contribution in [0.5, 0.6) is 0 Å². The van der Waals surface area contributed by atoms with E-state index in [9.17, 15) is 8.42 Å². The van der Waals surface area contributed by atoms with Crippen molar-refractivity contribution in [1.82, 2.24) is 4.90 Å². The van der Waals surface area contributed by atoms with Crippen LogP contribution in [0.2, 0.25) is 0 Å². The minimum Gasteiger partial charge on any atom is -0.370 e. The van der Waals surface area contributed by atoms with E-state index in [1.54, 1.807) is 12.1 Å². The minimum atomic E-state index is -3.20. The largest absolute Gasteiger partial charge is 0.370 e. The first kappa shape index (κ1) is 16.5. The Morgan fingerprint density at radius 1 is 1.12 bits per heavy atom. The summed E-state index contributed by atoms with van der Waals surface area (Å²) in [7, 11) is -3.20. The molecule has 0 aromatic heterocycles. The number of hydrogen-bond acceptors (Lipinski definition) is 5. The summed E-state index contributed by atoms with van der Waals surface area (Å²) in [4.78, 5) is 6.80. The third-order valence-electron chi connectivity index (χ3n) is 4.51. The van der Waals surface area contributed by atoms with E-state index < -0.39 is 15.4 Å². The molecule has 2 aromatic carbocycles. The van der Waals surface area contributed by atoms with Gasteiger partial charge in [-0.2, -0.15) is 0 Å². The summed E-state index contributed by atoms with van der Waals surface area (Å²) in [5.41, 5.74) is 7.87. The molecule has 1 heterocycles. The van der Waals surface area contributed by atoms with E-state index in [2.05, 4.69) is 28.9 Å². The smallest absolute Gasteiger partial charge is 0.192 e. The van der Waals surface area contributed by atoms with E-state index >= 15 is 0 Å². The zero-order valence-electron chi connectivity index (χ0n) is 13.8. The molecule has 0 aliphatic carbocycles. The summed E-state index contributed by atoms with van der Waals surface area (Å²) in [6.07, 6.45) is 1.21. The molecular weight excluding hydrogens is 322 g/mol. The Hall–Kier alpha value is -2.34. The number of sulfone groups is 1. The molecule has 1 aliphatic rings. The van der Waals surface area contributed by atoms with Gasteiger partial charge < -0.3 is 10.6 Å². The topological polar surface area (TPSA) is 75.8 Å². The maximum absolute atomic E-state index is 11.6. The normalized spacial score (nSPS) is 20.9. The summed E-state index contributed by atoms with van der Waals surface area (Å²) in [5.74, 6) is 0.508. The van der Waals surface area contributed by atoms with Crippen molar-refractivity contribution in [3.05, 3.63) is 65.7 Å². The second kappa shape index (κ2) is 5.94. The van der Waals surface area contributed by atoms with E-state index in [0.717, 1.165) is 11.1 Å². The molecule has 0 saturated carbocycles. The van der Waals surface area contributed by atoms with Crippen LogP contribution in [0, 0.1) is 0 Å². The summed E-state index contributed by atoms with van der Waals surface area (Å²) < 4.78 is 23.3. The molecule has 0 fully saturated rings. The Morgan fingerprint density at radius 3 is 2.33 bits per heavy atom. The lowest BCUT2D eigenvalue weighted by Gasteiger charge is -2.37. The van der Waals surface area contributed by atoms with Crippen LogP contribution in [0.25, 0.3) is 0 Å². The second-order valence-corrected chi connectivity index (χ2v) is 8.33. The van der Waals surface area contributed by atoms with E-state index in [-0.39, 0.29) is 0 Å². The van der Waals surface area contributed by atoms with Gasteiger partial charge in [0.15, 0.2) is 15.8 Å². The maximum Gasteiger partial charge on any atom is 0.192 e. The van der Waals surface area contributed by atoms with Gasteiger partial charge >= 0.3 is 0 Å². The van der Waals surface area contributed by atoms with Gasteiger partial charge in [0.2, 0.25) is 0 Å². The van der Waals surface area contributed by atoms with Gasteiger partial charge in [-0.05, 0) is 30.2 Å². The fourth-order valence-corrected chi connectivity index (χ4v) is 3.62. The molecule has 0 radical (unpaired) electrons. The average Bonchev–Trinajstić information content (AvgIpc) is 2.85. The SMILES string of the molecule is CC1(c2ccc(S(C)(=O)=O)cc2)CN=C(N)N1Cc1ccccc1. The lowest BCUT2D eigenvalue weighted by atomic mass is 9.90. The highest BCUT2D eigenvalue weighted by atomic mass is 32.2. The molecular formula is C18H21N3O2S. The van der Waals surface area contributed by atoms with E-state index in [1.807, 2.05) is 30.3 Å². The standard InChI is InChI=1S/C18H21N3O2S/c1-18(15-8-10-16(11-9-15)24(2,22)23)13-20-17(19)21(18)12-14-6-4-3-5-7-14/h3-11H,12-13H2,1-2H3,(H2,19,20). The fourth-order valence-electron chi connectivity index (χ4n) is 2.99. The van der Waals surface area contributed by atoms with E-state index in [1.165, 1.54) is 6.26 Å². The van der Waals surface area contributed by atoms with Gasteiger partial charge in [0, 0.05) is 12.8 Å². The van der Waals surface area contributed by atoms with Crippen LogP contribution in [0.1, 0.15) is 18.1 Å². The third kappa shape index (κ3) is 3.01. The fraction of sp³-hybridized carbons (Fsp3) is 0.278. The zero-order chi connectivity index (χ0) is 17.4. The summed E-state index contributed by atoms with van der Waals surface area (Å²) in [6, 6.07) is 17.1. The van der Waals surface area contributed by atoms with Gasteiger partial charge in [-0.15, -0.1) is 0 Å². The molecule has 6 heteroatoms. The number of hydrogen-bond donors (Lipinski definition) is 1. The molecule has 0 bridgehead atoms. The molecule has 1 aliphatic heterocycles. The predicted molar refractivity (Wildman–Crippen MR) is 95.4 cm³/mol. The van der Waals surface area contributed by atoms with Crippen molar-refractivity contribution >= 4 is 15.8 Å². The first-order chi connectivity index (χ1) is 11.3. The van der Waals surface area contributed by atoms with E-state index in [4.69, 9.17) is 5.73 Å². The van der Waals surface area contributed by atoms with Crippen molar-refractivity contribution in [3.8, 4) is 0 Å². The van der Waals surface area contributed by atoms with Crippen molar-refractivity contribution < 1.29 is 8.42 Å². The highest BCUT2D eigenvalue weighted by molar-refractivity contribution is 7.90. The first-order valence-corrected chi connectivity index (χ1v) is 9.62. The molecule has 1 atom stereocenters. The summed E-state index contributed by atoms with van der Waals surface area (Å²) in [6.45, 7) is 3.28. The van der Waals surface area contributed by atoms with Gasteiger partial charge in [-0.25, -0.2) is 8.42 Å². The molecule has 0 saturated heterocycles. The Balaban J connectivity index is 1.93. The Bertz CT molecular complexity index is 861. The van der Waals surface area contributed by atoms with Crippen LogP contribution in [0.3, 0.4) is 0 Å². The number of nitrogens with zero attached hydrogens (tertiary/aromatic N) is 2. The summed E-state index contributed by atoms with van der Waals surface area (Å²) >= 11 is 0. The lowest BCUT2D eigenvalue weighted by molar-refractivity contribution is 0.217. The molecule has 1 unspecified atom stereocenters. The van der Waals surface area contributed by atoms with Crippen molar-refractivity contribution in [3.63, 3.8) is 0 Å². The Kier molecular flexibility index (Phi) is 4.09. The van der Waals surface area contributed by atoms with Crippen molar-refractivity contribution in [1.29, 1.82) is 0 Å². The molecule has 2 N–H and O–H groups in total. The van der Waals surface area contributed by atoms with Gasteiger partial charge in [0.1, 0.15) is 0 Å². The van der Waals surface area contributed by atoms with Gasteiger partial charge in [-0.3, -0.25) is 4.99 Å². The van der Waals surface area contributed by atoms with Crippen LogP contribution < -0.4 is 5.73 Å². The lowest BCUT2D eigenvalue weighted by Crippen LogP contribution is -2.46. The van der Waals surface area contributed by atoms with Gasteiger partial charge in [0.05, 0.1) is 17.0 Å². The average molecular weight is 343 g/mol. The zero-order valence-corrected chi connectivity index (χ0v) is 14.6. The molecule has 3 rings (SSSR count). The number of benzene rings is 2. The van der Waals surface area contributed by atoms with Crippen LogP contribution >= 0.6 is 0 Å². The summed E-state index contributed by atoms with van der Waals surface area (Å²) in [5, 5.41) is 0. The quantitative estimate of drug-likeness (QED) is 0.923. The number of nitrogens with two attached hydrogens (primary N) is 1. The highest BCUT2D eigenvalue weighted by Gasteiger charge is 2.39. The molecule has 5 nitrogen and oxygen atoms in total. The van der Waals surface area contributed by atoms with Crippen LogP contribution in [0.15, 0.2) is 64.5 Å². The number of guanidine groups is 1. The molecule has 126 valence electrons. The van der Waals surface area contributed by atoms with Crippen molar-refractivity contribution in [2.24, 2.45) is 10.7 Å². The Morgan fingerprint density at radius 2 is 1.75 bits per heavy atom. The molecule has 0 amide bonds. The third-order valence-corrected chi connectivity index (χ3v) is 5.64. The van der Waals surface area contributed by atoms with Gasteiger partial charge in [0.25, 0.3) is 0 Å². The van der Waals surface area contributed by atoms with Crippen LogP contribution in [-0.2, 0) is 21.9 Å².